The molecule has 1 amide bonds. The number of aliphatic hydroxyl groups is 1. The van der Waals surface area contributed by atoms with Crippen LogP contribution in [0.1, 0.15) is 90.1 Å². The molecule has 0 saturated heterocycles. The van der Waals surface area contributed by atoms with Crippen molar-refractivity contribution in [2.24, 2.45) is 0 Å². The lowest BCUT2D eigenvalue weighted by Crippen LogP contribution is -2.25. The van der Waals surface area contributed by atoms with Crippen molar-refractivity contribution in [1.29, 1.82) is 0 Å². The fourth-order valence-electron chi connectivity index (χ4n) is 3.83. The minimum atomic E-state index is -0.472. The standard InChI is InChI=1S/C27H37NO6/c1-4-5-6-7-8-9-10-11-14-28-27(32)22-16-21(23(30)17-25(22)34-3)26(31)19-12-13-20(18-29)24(15-19)33-2/h12-13,15-17,29-30H,4-11,14,18H2,1-3H3,(H,28,32). The molecule has 0 spiro atoms. The van der Waals surface area contributed by atoms with Crippen LogP contribution in [0.2, 0.25) is 0 Å². The zero-order valence-corrected chi connectivity index (χ0v) is 20.5. The monoisotopic (exact) mass is 471 g/mol. The molecular weight excluding hydrogens is 434 g/mol. The number of hydrogen-bond donors (Lipinski definition) is 3. The SMILES string of the molecule is CCCCCCCCCCNC(=O)c1cc(C(=O)c2ccc(CO)c(OC)c2)c(O)cc1OC. The number of unbranched alkanes of at least 4 members (excludes halogenated alkanes) is 7. The lowest BCUT2D eigenvalue weighted by atomic mass is 9.98. The van der Waals surface area contributed by atoms with E-state index < -0.39 is 5.78 Å². The number of hydrogen-bond acceptors (Lipinski definition) is 6. The molecule has 0 aliphatic carbocycles. The normalized spacial score (nSPS) is 10.7. The van der Waals surface area contributed by atoms with Crippen LogP contribution in [0.15, 0.2) is 30.3 Å². The van der Waals surface area contributed by atoms with E-state index in [0.29, 0.717) is 17.9 Å². The zero-order valence-electron chi connectivity index (χ0n) is 20.5. The predicted molar refractivity (Wildman–Crippen MR) is 132 cm³/mol. The number of carbonyl (C=O) groups is 2. The highest BCUT2D eigenvalue weighted by atomic mass is 16.5. The smallest absolute Gasteiger partial charge is 0.255 e. The maximum atomic E-state index is 13.1. The second kappa shape index (κ2) is 14.3. The molecule has 34 heavy (non-hydrogen) atoms. The average molecular weight is 472 g/mol. The highest BCUT2D eigenvalue weighted by Crippen LogP contribution is 2.31. The van der Waals surface area contributed by atoms with Crippen LogP contribution < -0.4 is 14.8 Å². The Morgan fingerprint density at radius 2 is 1.50 bits per heavy atom. The van der Waals surface area contributed by atoms with Crippen molar-refractivity contribution in [1.82, 2.24) is 5.32 Å². The van der Waals surface area contributed by atoms with Gasteiger partial charge in [0, 0.05) is 23.7 Å². The summed E-state index contributed by atoms with van der Waals surface area (Å²) in [5.41, 5.74) is 0.970. The van der Waals surface area contributed by atoms with E-state index in [1.807, 2.05) is 0 Å². The minimum absolute atomic E-state index is 0.0168. The Kier molecular flexibility index (Phi) is 11.4. The number of ether oxygens (including phenoxy) is 2. The maximum absolute atomic E-state index is 13.1. The van der Waals surface area contributed by atoms with Gasteiger partial charge in [-0.3, -0.25) is 9.59 Å². The van der Waals surface area contributed by atoms with Crippen molar-refractivity contribution in [3.05, 3.63) is 52.6 Å². The van der Waals surface area contributed by atoms with Gasteiger partial charge < -0.3 is 25.0 Å². The topological polar surface area (TPSA) is 105 Å². The van der Waals surface area contributed by atoms with Crippen LogP contribution in [0.25, 0.3) is 0 Å². The van der Waals surface area contributed by atoms with Gasteiger partial charge in [-0.1, -0.05) is 64.0 Å². The summed E-state index contributed by atoms with van der Waals surface area (Å²) in [7, 11) is 2.85. The van der Waals surface area contributed by atoms with Crippen LogP contribution >= 0.6 is 0 Å². The Morgan fingerprint density at radius 3 is 2.12 bits per heavy atom. The maximum Gasteiger partial charge on any atom is 0.255 e. The highest BCUT2D eigenvalue weighted by Gasteiger charge is 2.22. The Balaban J connectivity index is 2.07. The summed E-state index contributed by atoms with van der Waals surface area (Å²) in [6.45, 7) is 2.51. The number of benzene rings is 2. The number of rotatable bonds is 15. The molecule has 0 aromatic heterocycles. The van der Waals surface area contributed by atoms with Crippen molar-refractivity contribution in [3.63, 3.8) is 0 Å². The summed E-state index contributed by atoms with van der Waals surface area (Å²) in [6.07, 6.45) is 9.37. The van der Waals surface area contributed by atoms with E-state index in [2.05, 4.69) is 12.2 Å². The third-order valence-corrected chi connectivity index (χ3v) is 5.84. The van der Waals surface area contributed by atoms with Gasteiger partial charge in [0.25, 0.3) is 5.91 Å². The third kappa shape index (κ3) is 7.48. The second-order valence-electron chi connectivity index (χ2n) is 8.31. The zero-order chi connectivity index (χ0) is 24.9. The third-order valence-electron chi connectivity index (χ3n) is 5.84. The number of nitrogens with one attached hydrogen (secondary N) is 1. The largest absolute Gasteiger partial charge is 0.507 e. The Bertz CT molecular complexity index is 956. The quantitative estimate of drug-likeness (QED) is 0.249. The molecule has 2 aromatic carbocycles. The van der Waals surface area contributed by atoms with E-state index in [1.54, 1.807) is 12.1 Å². The van der Waals surface area contributed by atoms with Gasteiger partial charge in [0.15, 0.2) is 5.78 Å². The molecule has 186 valence electrons. The number of phenolic OH excluding ortho intramolecular Hbond substituents is 1. The fourth-order valence-corrected chi connectivity index (χ4v) is 3.83. The Labute approximate surface area is 202 Å². The van der Waals surface area contributed by atoms with Gasteiger partial charge in [-0.2, -0.15) is 0 Å². The summed E-state index contributed by atoms with van der Waals surface area (Å²) < 4.78 is 10.5. The van der Waals surface area contributed by atoms with Crippen LogP contribution in [-0.2, 0) is 6.61 Å². The van der Waals surface area contributed by atoms with E-state index in [1.165, 1.54) is 64.5 Å². The average Bonchev–Trinajstić information content (AvgIpc) is 2.86. The van der Waals surface area contributed by atoms with Crippen molar-refractivity contribution in [2.75, 3.05) is 20.8 Å². The molecule has 0 aliphatic rings. The van der Waals surface area contributed by atoms with Crippen LogP contribution in [0.4, 0.5) is 0 Å². The molecule has 2 rings (SSSR count). The van der Waals surface area contributed by atoms with Crippen molar-refractivity contribution in [2.45, 2.75) is 64.9 Å². The molecular formula is C27H37NO6. The van der Waals surface area contributed by atoms with Gasteiger partial charge >= 0.3 is 0 Å². The number of ketones is 1. The molecule has 0 atom stereocenters. The number of amides is 1. The number of methoxy groups -OCH3 is 2. The predicted octanol–water partition coefficient (Wildman–Crippen LogP) is 5.00. The van der Waals surface area contributed by atoms with E-state index in [9.17, 15) is 19.8 Å². The van der Waals surface area contributed by atoms with Crippen LogP contribution in [0.3, 0.4) is 0 Å². The molecule has 0 saturated carbocycles. The van der Waals surface area contributed by atoms with E-state index >= 15 is 0 Å². The molecule has 3 N–H and O–H groups in total. The number of carbonyl (C=O) groups excluding carboxylic acids is 2. The van der Waals surface area contributed by atoms with Gasteiger partial charge in [0.1, 0.15) is 17.2 Å². The van der Waals surface area contributed by atoms with Crippen molar-refractivity contribution in [3.8, 4) is 17.2 Å². The first-order valence-corrected chi connectivity index (χ1v) is 12.0. The van der Waals surface area contributed by atoms with Crippen LogP contribution in [0, 0.1) is 0 Å². The lowest BCUT2D eigenvalue weighted by Gasteiger charge is -2.13. The first kappa shape index (κ1) is 27.2. The van der Waals surface area contributed by atoms with E-state index in [0.717, 1.165) is 19.3 Å². The number of aromatic hydroxyl groups is 1. The number of aliphatic hydroxyl groups excluding tert-OH is 1. The Morgan fingerprint density at radius 1 is 0.853 bits per heavy atom. The molecule has 0 heterocycles. The Hall–Kier alpha value is -3.06. The summed E-state index contributed by atoms with van der Waals surface area (Å²) in [4.78, 5) is 25.9. The van der Waals surface area contributed by atoms with Gasteiger partial charge in [0.05, 0.1) is 32.0 Å². The van der Waals surface area contributed by atoms with Gasteiger partial charge in [-0.15, -0.1) is 0 Å². The summed E-state index contributed by atoms with van der Waals surface area (Å²) in [6, 6.07) is 7.26. The molecule has 0 aliphatic heterocycles. The lowest BCUT2D eigenvalue weighted by molar-refractivity contribution is 0.0950. The molecule has 0 unspecified atom stereocenters. The molecule has 0 bridgehead atoms. The summed E-state index contributed by atoms with van der Waals surface area (Å²) in [5, 5.41) is 22.7. The first-order chi connectivity index (χ1) is 16.5. The van der Waals surface area contributed by atoms with Crippen LogP contribution in [-0.4, -0.2) is 42.7 Å². The van der Waals surface area contributed by atoms with E-state index in [-0.39, 0.29) is 40.7 Å². The first-order valence-electron chi connectivity index (χ1n) is 12.0. The minimum Gasteiger partial charge on any atom is -0.507 e. The number of phenols is 1. The molecule has 7 nitrogen and oxygen atoms in total. The summed E-state index contributed by atoms with van der Waals surface area (Å²) in [5.74, 6) is -0.561. The second-order valence-corrected chi connectivity index (χ2v) is 8.31. The van der Waals surface area contributed by atoms with Gasteiger partial charge in [0.2, 0.25) is 0 Å². The van der Waals surface area contributed by atoms with Crippen molar-refractivity contribution >= 4 is 11.7 Å². The van der Waals surface area contributed by atoms with E-state index in [4.69, 9.17) is 9.47 Å². The van der Waals surface area contributed by atoms with Gasteiger partial charge in [-0.25, -0.2) is 0 Å². The molecule has 0 fully saturated rings. The highest BCUT2D eigenvalue weighted by molar-refractivity contribution is 6.12. The molecule has 0 radical (unpaired) electrons. The van der Waals surface area contributed by atoms with Crippen LogP contribution in [0.5, 0.6) is 17.2 Å². The fraction of sp³-hybridized carbons (Fsp3) is 0.481. The molecule has 7 heteroatoms. The van der Waals surface area contributed by atoms with Gasteiger partial charge in [-0.05, 0) is 18.6 Å². The summed E-state index contributed by atoms with van der Waals surface area (Å²) >= 11 is 0. The van der Waals surface area contributed by atoms with Crippen molar-refractivity contribution < 1.29 is 29.3 Å². The molecule has 2 aromatic rings.